The molecule has 1 saturated heterocycles. The fraction of sp³-hybridized carbons (Fsp3) is 0.500. The van der Waals surface area contributed by atoms with Crippen LogP contribution in [0.1, 0.15) is 11.6 Å². The molecule has 7 heteroatoms. The highest BCUT2D eigenvalue weighted by molar-refractivity contribution is 9.10. The van der Waals surface area contributed by atoms with E-state index < -0.39 is 12.2 Å². The van der Waals surface area contributed by atoms with Gasteiger partial charge in [0.1, 0.15) is 6.04 Å². The van der Waals surface area contributed by atoms with Crippen molar-refractivity contribution in [1.82, 2.24) is 10.2 Å². The van der Waals surface area contributed by atoms with Crippen molar-refractivity contribution >= 4 is 27.5 Å². The van der Waals surface area contributed by atoms with Crippen molar-refractivity contribution < 1.29 is 13.2 Å². The van der Waals surface area contributed by atoms with Gasteiger partial charge in [0, 0.05) is 35.7 Å². The lowest BCUT2D eigenvalue weighted by molar-refractivity contribution is -0.188. The Morgan fingerprint density at radius 2 is 1.89 bits per heavy atom. The van der Waals surface area contributed by atoms with Crippen molar-refractivity contribution in [3.05, 3.63) is 33.3 Å². The zero-order valence-corrected chi connectivity index (χ0v) is 12.3. The molecule has 0 radical (unpaired) electrons. The maximum Gasteiger partial charge on any atom is 0.408 e. The van der Waals surface area contributed by atoms with Crippen LogP contribution >= 0.6 is 27.5 Å². The predicted molar refractivity (Wildman–Crippen MR) is 72.4 cm³/mol. The first-order valence-electron chi connectivity index (χ1n) is 5.86. The summed E-state index contributed by atoms with van der Waals surface area (Å²) in [4.78, 5) is 1.45. The summed E-state index contributed by atoms with van der Waals surface area (Å²) in [7, 11) is 0. The van der Waals surface area contributed by atoms with Crippen molar-refractivity contribution in [2.24, 2.45) is 0 Å². The molecule has 0 amide bonds. The molecule has 1 heterocycles. The van der Waals surface area contributed by atoms with Crippen LogP contribution in [0.2, 0.25) is 5.02 Å². The van der Waals surface area contributed by atoms with Crippen LogP contribution < -0.4 is 5.32 Å². The van der Waals surface area contributed by atoms with Crippen LogP contribution in [-0.2, 0) is 0 Å². The minimum Gasteiger partial charge on any atom is -0.314 e. The van der Waals surface area contributed by atoms with E-state index in [1.54, 1.807) is 0 Å². The molecule has 2 nitrogen and oxygen atoms in total. The molecule has 19 heavy (non-hydrogen) atoms. The van der Waals surface area contributed by atoms with Gasteiger partial charge in [-0.3, -0.25) is 4.90 Å². The third-order valence-electron chi connectivity index (χ3n) is 3.08. The van der Waals surface area contributed by atoms with Gasteiger partial charge in [-0.15, -0.1) is 0 Å². The highest BCUT2D eigenvalue weighted by atomic mass is 79.9. The number of hydrogen-bond donors (Lipinski definition) is 1. The molecule has 1 fully saturated rings. The first-order valence-corrected chi connectivity index (χ1v) is 7.03. The summed E-state index contributed by atoms with van der Waals surface area (Å²) in [6.45, 7) is 1.88. The first-order chi connectivity index (χ1) is 8.89. The van der Waals surface area contributed by atoms with E-state index in [2.05, 4.69) is 21.2 Å². The van der Waals surface area contributed by atoms with Crippen LogP contribution in [0.4, 0.5) is 13.2 Å². The molecule has 1 N–H and O–H groups in total. The molecule has 1 aliphatic heterocycles. The van der Waals surface area contributed by atoms with Crippen molar-refractivity contribution in [3.8, 4) is 0 Å². The second kappa shape index (κ2) is 5.99. The number of rotatable bonds is 2. The molecule has 0 unspecified atom stereocenters. The molecular weight excluding hydrogens is 344 g/mol. The van der Waals surface area contributed by atoms with E-state index in [0.29, 0.717) is 35.7 Å². The second-order valence-corrected chi connectivity index (χ2v) is 5.69. The van der Waals surface area contributed by atoms with E-state index >= 15 is 0 Å². The van der Waals surface area contributed by atoms with Gasteiger partial charge in [0.05, 0.1) is 0 Å². The quantitative estimate of drug-likeness (QED) is 0.870. The Bertz CT molecular complexity index is 447. The summed E-state index contributed by atoms with van der Waals surface area (Å²) in [5.74, 6) is 0. The van der Waals surface area contributed by atoms with Crippen LogP contribution in [0.3, 0.4) is 0 Å². The zero-order chi connectivity index (χ0) is 14.0. The lowest BCUT2D eigenvalue weighted by atomic mass is 10.0. The third kappa shape index (κ3) is 3.62. The zero-order valence-electron chi connectivity index (χ0n) is 9.97. The molecule has 106 valence electrons. The van der Waals surface area contributed by atoms with Crippen molar-refractivity contribution in [3.63, 3.8) is 0 Å². The lowest BCUT2D eigenvalue weighted by Crippen LogP contribution is -2.49. The van der Waals surface area contributed by atoms with Gasteiger partial charge in [-0.25, -0.2) is 0 Å². The summed E-state index contributed by atoms with van der Waals surface area (Å²) < 4.78 is 40.5. The van der Waals surface area contributed by atoms with E-state index in [-0.39, 0.29) is 5.56 Å². The van der Waals surface area contributed by atoms with Gasteiger partial charge in [0.2, 0.25) is 0 Å². The molecule has 1 aromatic rings. The Morgan fingerprint density at radius 3 is 2.42 bits per heavy atom. The molecule has 2 rings (SSSR count). The van der Waals surface area contributed by atoms with E-state index in [1.807, 2.05) is 0 Å². The second-order valence-electron chi connectivity index (χ2n) is 4.40. The number of benzene rings is 1. The monoisotopic (exact) mass is 356 g/mol. The molecule has 1 atom stereocenters. The van der Waals surface area contributed by atoms with Gasteiger partial charge in [-0.1, -0.05) is 33.6 Å². The number of nitrogens with one attached hydrogen (secondary N) is 1. The van der Waals surface area contributed by atoms with Crippen LogP contribution in [0.25, 0.3) is 0 Å². The van der Waals surface area contributed by atoms with E-state index in [4.69, 9.17) is 11.6 Å². The Morgan fingerprint density at radius 1 is 1.26 bits per heavy atom. The van der Waals surface area contributed by atoms with Gasteiger partial charge >= 0.3 is 6.18 Å². The fourth-order valence-electron chi connectivity index (χ4n) is 2.24. The van der Waals surface area contributed by atoms with Crippen LogP contribution in [0.15, 0.2) is 22.7 Å². The van der Waals surface area contributed by atoms with Gasteiger partial charge in [-0.05, 0) is 17.7 Å². The van der Waals surface area contributed by atoms with Crippen molar-refractivity contribution in [2.75, 3.05) is 26.2 Å². The summed E-state index contributed by atoms with van der Waals surface area (Å²) in [6, 6.07) is 2.83. The number of hydrogen-bond acceptors (Lipinski definition) is 2. The molecule has 0 bridgehead atoms. The molecule has 0 spiro atoms. The number of alkyl halides is 3. The molecule has 0 aliphatic carbocycles. The minimum atomic E-state index is -4.31. The molecule has 1 aromatic carbocycles. The Hall–Kier alpha value is -0.300. The molecule has 0 saturated carbocycles. The maximum absolute atomic E-state index is 13.4. The maximum atomic E-state index is 13.4. The summed E-state index contributed by atoms with van der Waals surface area (Å²) in [6.07, 6.45) is -4.31. The van der Waals surface area contributed by atoms with E-state index in [0.717, 1.165) is 0 Å². The van der Waals surface area contributed by atoms with Crippen molar-refractivity contribution in [1.29, 1.82) is 0 Å². The minimum absolute atomic E-state index is 0.207. The normalized spacial score (nSPS) is 19.4. The predicted octanol–water partition coefficient (Wildman–Crippen LogP) is 3.61. The number of halogens is 5. The average molecular weight is 358 g/mol. The third-order valence-corrected chi connectivity index (χ3v) is 4.01. The number of nitrogens with zero attached hydrogens (tertiary/aromatic N) is 1. The van der Waals surface area contributed by atoms with Gasteiger partial charge in [0.15, 0.2) is 0 Å². The van der Waals surface area contributed by atoms with E-state index in [1.165, 1.54) is 23.1 Å². The van der Waals surface area contributed by atoms with Gasteiger partial charge in [0.25, 0.3) is 0 Å². The van der Waals surface area contributed by atoms with Crippen LogP contribution in [0.5, 0.6) is 0 Å². The summed E-state index contributed by atoms with van der Waals surface area (Å²) in [5.41, 5.74) is 0.207. The topological polar surface area (TPSA) is 15.3 Å². The summed E-state index contributed by atoms with van der Waals surface area (Å²) >= 11 is 8.97. The van der Waals surface area contributed by atoms with Gasteiger partial charge in [-0.2, -0.15) is 13.2 Å². The van der Waals surface area contributed by atoms with Crippen LogP contribution in [0, 0.1) is 0 Å². The molecule has 1 aliphatic rings. The molecular formula is C12H13BrClF3N2. The van der Waals surface area contributed by atoms with Crippen molar-refractivity contribution in [2.45, 2.75) is 12.2 Å². The number of piperazine rings is 1. The summed E-state index contributed by atoms with van der Waals surface area (Å²) in [5, 5.41) is 3.47. The highest BCUT2D eigenvalue weighted by Gasteiger charge is 2.45. The smallest absolute Gasteiger partial charge is 0.314 e. The van der Waals surface area contributed by atoms with E-state index in [9.17, 15) is 13.2 Å². The Kier molecular flexibility index (Phi) is 4.76. The average Bonchev–Trinajstić information content (AvgIpc) is 2.32. The Labute approximate surface area is 123 Å². The first kappa shape index (κ1) is 15.1. The Balaban J connectivity index is 2.36. The largest absolute Gasteiger partial charge is 0.408 e. The SMILES string of the molecule is FC(F)(F)[C@@H](c1ccc(Cl)cc1Br)N1CCNCC1. The highest BCUT2D eigenvalue weighted by Crippen LogP contribution is 2.41. The van der Waals surface area contributed by atoms with Gasteiger partial charge < -0.3 is 5.32 Å². The molecule has 0 aromatic heterocycles. The van der Waals surface area contributed by atoms with Crippen LogP contribution in [-0.4, -0.2) is 37.3 Å². The lowest BCUT2D eigenvalue weighted by Gasteiger charge is -2.36. The standard InChI is InChI=1S/C12H13BrClF3N2/c13-10-7-8(14)1-2-9(10)11(12(15,16)17)19-5-3-18-4-6-19/h1-2,7,11,18H,3-6H2/t11-/m1/s1. The fourth-order valence-corrected chi connectivity index (χ4v) is 3.14.